The maximum atomic E-state index is 8.82. The van der Waals surface area contributed by atoms with Crippen LogP contribution < -0.4 is 10.2 Å². The molecule has 2 aromatic rings. The van der Waals surface area contributed by atoms with Gasteiger partial charge in [0.15, 0.2) is 5.13 Å². The summed E-state index contributed by atoms with van der Waals surface area (Å²) in [5, 5.41) is 15.7. The van der Waals surface area contributed by atoms with Gasteiger partial charge in [0.1, 0.15) is 0 Å². The Morgan fingerprint density at radius 1 is 1.26 bits per heavy atom. The first-order valence-corrected chi connectivity index (χ1v) is 9.96. The summed E-state index contributed by atoms with van der Waals surface area (Å²) in [5.41, 5.74) is 1.20. The molecule has 0 bridgehead atoms. The van der Waals surface area contributed by atoms with Crippen LogP contribution in [0.15, 0.2) is 40.7 Å². The number of rotatable bonds is 7. The molecule has 1 aromatic heterocycles. The predicted octanol–water partition coefficient (Wildman–Crippen LogP) is 3.70. The smallest absolute Gasteiger partial charge is 0.185 e. The van der Waals surface area contributed by atoms with Crippen molar-refractivity contribution in [1.29, 1.82) is 0 Å². The number of thioether (sulfide) groups is 1. The van der Waals surface area contributed by atoms with E-state index in [-0.39, 0.29) is 6.61 Å². The van der Waals surface area contributed by atoms with E-state index >= 15 is 0 Å². The summed E-state index contributed by atoms with van der Waals surface area (Å²) in [6.45, 7) is 2.41. The Balaban J connectivity index is 1.45. The van der Waals surface area contributed by atoms with Gasteiger partial charge in [-0.05, 0) is 43.5 Å². The van der Waals surface area contributed by atoms with Crippen molar-refractivity contribution in [2.45, 2.75) is 30.2 Å². The zero-order valence-electron chi connectivity index (χ0n) is 13.1. The Morgan fingerprint density at radius 2 is 2.04 bits per heavy atom. The number of nitrogens with zero attached hydrogens (tertiary/aromatic N) is 2. The first-order chi connectivity index (χ1) is 11.3. The monoisotopic (exact) mass is 349 g/mol. The van der Waals surface area contributed by atoms with E-state index in [2.05, 4.69) is 39.5 Å². The van der Waals surface area contributed by atoms with Gasteiger partial charge in [-0.2, -0.15) is 0 Å². The molecule has 1 aliphatic heterocycles. The van der Waals surface area contributed by atoms with Crippen LogP contribution in [-0.2, 0) is 0 Å². The van der Waals surface area contributed by atoms with Crippen LogP contribution in [0.4, 0.5) is 10.8 Å². The molecule has 1 aliphatic rings. The molecule has 1 fully saturated rings. The molecule has 2 heterocycles. The number of aliphatic hydroxyl groups is 1. The quantitative estimate of drug-likeness (QED) is 0.590. The fraction of sp³-hybridized carbons (Fsp3) is 0.471. The van der Waals surface area contributed by atoms with Crippen molar-refractivity contribution in [3.63, 3.8) is 0 Å². The normalized spacial score (nSPS) is 15.8. The first kappa shape index (κ1) is 16.6. The van der Waals surface area contributed by atoms with E-state index in [1.54, 1.807) is 23.1 Å². The van der Waals surface area contributed by atoms with E-state index in [4.69, 9.17) is 5.11 Å². The molecular formula is C17H23N3OS2. The minimum Gasteiger partial charge on any atom is -0.396 e. The van der Waals surface area contributed by atoms with Gasteiger partial charge in [-0.3, -0.25) is 0 Å². The number of aromatic nitrogens is 1. The summed E-state index contributed by atoms with van der Waals surface area (Å²) >= 11 is 3.52. The Hall–Kier alpha value is -1.24. The molecule has 0 spiro atoms. The Bertz CT molecular complexity index is 566. The summed E-state index contributed by atoms with van der Waals surface area (Å²) < 4.78 is 0. The van der Waals surface area contributed by atoms with Crippen molar-refractivity contribution in [2.75, 3.05) is 35.7 Å². The largest absolute Gasteiger partial charge is 0.396 e. The molecule has 4 nitrogen and oxygen atoms in total. The number of aliphatic hydroxyl groups excluding tert-OH is 1. The Labute approximate surface area is 145 Å². The van der Waals surface area contributed by atoms with Crippen LogP contribution in [-0.4, -0.2) is 41.6 Å². The minimum atomic E-state index is 0.270. The maximum Gasteiger partial charge on any atom is 0.185 e. The number of benzene rings is 1. The number of piperidine rings is 1. The van der Waals surface area contributed by atoms with Crippen LogP contribution in [0.5, 0.6) is 0 Å². The van der Waals surface area contributed by atoms with Crippen molar-refractivity contribution in [3.8, 4) is 0 Å². The van der Waals surface area contributed by atoms with Gasteiger partial charge in [0, 0.05) is 53.7 Å². The predicted molar refractivity (Wildman–Crippen MR) is 99.8 cm³/mol. The van der Waals surface area contributed by atoms with Gasteiger partial charge in [0.2, 0.25) is 0 Å². The van der Waals surface area contributed by atoms with Gasteiger partial charge in [0.05, 0.1) is 0 Å². The second-order valence-corrected chi connectivity index (χ2v) is 7.71. The molecule has 2 N–H and O–H groups in total. The highest BCUT2D eigenvalue weighted by Crippen LogP contribution is 2.25. The molecule has 1 saturated heterocycles. The highest BCUT2D eigenvalue weighted by atomic mass is 32.2. The van der Waals surface area contributed by atoms with E-state index < -0.39 is 0 Å². The second kappa shape index (κ2) is 8.57. The fourth-order valence-corrected chi connectivity index (χ4v) is 4.26. The van der Waals surface area contributed by atoms with Crippen LogP contribution in [0, 0.1) is 0 Å². The molecule has 3 rings (SSSR count). The van der Waals surface area contributed by atoms with Crippen molar-refractivity contribution in [2.24, 2.45) is 0 Å². The lowest BCUT2D eigenvalue weighted by molar-refractivity contribution is 0.296. The highest BCUT2D eigenvalue weighted by Gasteiger charge is 2.20. The molecule has 6 heteroatoms. The Morgan fingerprint density at radius 3 is 2.70 bits per heavy atom. The van der Waals surface area contributed by atoms with Crippen LogP contribution >= 0.6 is 23.1 Å². The van der Waals surface area contributed by atoms with Crippen LogP contribution in [0.3, 0.4) is 0 Å². The molecule has 23 heavy (non-hydrogen) atoms. The highest BCUT2D eigenvalue weighted by molar-refractivity contribution is 7.99. The first-order valence-electron chi connectivity index (χ1n) is 8.10. The topological polar surface area (TPSA) is 48.4 Å². The van der Waals surface area contributed by atoms with E-state index in [9.17, 15) is 0 Å². The number of hydrogen-bond acceptors (Lipinski definition) is 6. The van der Waals surface area contributed by atoms with Gasteiger partial charge in [0.25, 0.3) is 0 Å². The summed E-state index contributed by atoms with van der Waals surface area (Å²) in [7, 11) is 0. The molecule has 0 radical (unpaired) electrons. The maximum absolute atomic E-state index is 8.82. The molecule has 0 amide bonds. The molecular weight excluding hydrogens is 326 g/mol. The minimum absolute atomic E-state index is 0.270. The molecule has 0 saturated carbocycles. The lowest BCUT2D eigenvalue weighted by Gasteiger charge is -2.32. The summed E-state index contributed by atoms with van der Waals surface area (Å²) in [6.07, 6.45) is 5.02. The molecule has 124 valence electrons. The third-order valence-electron chi connectivity index (χ3n) is 3.98. The van der Waals surface area contributed by atoms with Crippen LogP contribution in [0.2, 0.25) is 0 Å². The van der Waals surface area contributed by atoms with Gasteiger partial charge < -0.3 is 15.3 Å². The van der Waals surface area contributed by atoms with E-state index in [0.29, 0.717) is 6.04 Å². The summed E-state index contributed by atoms with van der Waals surface area (Å²) in [6, 6.07) is 9.19. The van der Waals surface area contributed by atoms with E-state index in [1.807, 2.05) is 11.6 Å². The SMILES string of the molecule is OCCCSc1ccc(NC2CCN(c3nccs3)CC2)cc1. The fourth-order valence-electron chi connectivity index (χ4n) is 2.72. The van der Waals surface area contributed by atoms with Crippen LogP contribution in [0.1, 0.15) is 19.3 Å². The van der Waals surface area contributed by atoms with Crippen molar-refractivity contribution >= 4 is 33.9 Å². The zero-order valence-corrected chi connectivity index (χ0v) is 14.8. The standard InChI is InChI=1S/C17H23N3OS2/c21-11-1-12-22-16-4-2-14(3-5-16)19-15-6-9-20(10-7-15)17-18-8-13-23-17/h2-5,8,13,15,19,21H,1,6-7,9-12H2. The third-order valence-corrected chi connectivity index (χ3v) is 5.91. The number of nitrogens with one attached hydrogen (secondary N) is 1. The van der Waals surface area contributed by atoms with Crippen molar-refractivity contribution in [3.05, 3.63) is 35.8 Å². The summed E-state index contributed by atoms with van der Waals surface area (Å²) in [5.74, 6) is 0.971. The average Bonchev–Trinajstić information content (AvgIpc) is 3.12. The average molecular weight is 350 g/mol. The second-order valence-electron chi connectivity index (χ2n) is 5.67. The molecule has 0 atom stereocenters. The Kier molecular flexibility index (Phi) is 6.19. The van der Waals surface area contributed by atoms with Crippen molar-refractivity contribution < 1.29 is 5.11 Å². The molecule has 0 unspecified atom stereocenters. The van der Waals surface area contributed by atoms with Gasteiger partial charge in [-0.1, -0.05) is 0 Å². The van der Waals surface area contributed by atoms with E-state index in [1.165, 1.54) is 10.6 Å². The third kappa shape index (κ3) is 4.86. The van der Waals surface area contributed by atoms with Gasteiger partial charge in [-0.15, -0.1) is 23.1 Å². The lowest BCUT2D eigenvalue weighted by Crippen LogP contribution is -2.39. The molecule has 0 aliphatic carbocycles. The van der Waals surface area contributed by atoms with Gasteiger partial charge >= 0.3 is 0 Å². The van der Waals surface area contributed by atoms with E-state index in [0.717, 1.165) is 43.2 Å². The summed E-state index contributed by atoms with van der Waals surface area (Å²) in [4.78, 5) is 8.04. The lowest BCUT2D eigenvalue weighted by atomic mass is 10.1. The van der Waals surface area contributed by atoms with Crippen LogP contribution in [0.25, 0.3) is 0 Å². The number of hydrogen-bond donors (Lipinski definition) is 2. The van der Waals surface area contributed by atoms with Gasteiger partial charge in [-0.25, -0.2) is 4.98 Å². The number of thiazole rings is 1. The zero-order chi connectivity index (χ0) is 15.9. The van der Waals surface area contributed by atoms with Crippen molar-refractivity contribution in [1.82, 2.24) is 4.98 Å². The number of anilines is 2. The molecule has 1 aromatic carbocycles.